The van der Waals surface area contributed by atoms with E-state index in [1.807, 2.05) is 42.5 Å². The van der Waals surface area contributed by atoms with Gasteiger partial charge in [-0.3, -0.25) is 4.79 Å². The molecule has 0 fully saturated rings. The molecule has 4 rings (SSSR count). The minimum atomic E-state index is -0.327. The Labute approximate surface area is 157 Å². The van der Waals surface area contributed by atoms with Crippen molar-refractivity contribution in [2.75, 3.05) is 6.79 Å². The highest BCUT2D eigenvalue weighted by molar-refractivity contribution is 5.79. The number of carbonyl (C=O) groups excluding carboxylic acids is 1. The molecule has 1 aliphatic rings. The van der Waals surface area contributed by atoms with Crippen LogP contribution in [0.4, 0.5) is 0 Å². The quantitative estimate of drug-likeness (QED) is 0.768. The molecule has 7 heteroatoms. The number of benzene rings is 2. The van der Waals surface area contributed by atoms with Crippen LogP contribution in [0.15, 0.2) is 42.5 Å². The Morgan fingerprint density at radius 1 is 1.19 bits per heavy atom. The molecule has 27 heavy (non-hydrogen) atoms. The molecule has 2 heterocycles. The van der Waals surface area contributed by atoms with Gasteiger partial charge in [-0.15, -0.1) is 5.10 Å². The van der Waals surface area contributed by atoms with Crippen molar-refractivity contribution in [3.05, 3.63) is 48.0 Å². The van der Waals surface area contributed by atoms with Gasteiger partial charge < -0.3 is 14.8 Å². The Kier molecular flexibility index (Phi) is 4.22. The maximum atomic E-state index is 12.8. The Morgan fingerprint density at radius 2 is 1.96 bits per heavy atom. The number of amides is 1. The van der Waals surface area contributed by atoms with E-state index >= 15 is 0 Å². The molecule has 0 spiro atoms. The molecule has 140 valence electrons. The number of hydrogen-bond acceptors (Lipinski definition) is 5. The average molecular weight is 366 g/mol. The topological polar surface area (TPSA) is 78.3 Å². The fraction of sp³-hybridized carbons (Fsp3) is 0.350. The van der Waals surface area contributed by atoms with E-state index in [1.165, 1.54) is 0 Å². The van der Waals surface area contributed by atoms with E-state index in [1.54, 1.807) is 4.68 Å². The third kappa shape index (κ3) is 3.45. The van der Waals surface area contributed by atoms with Crippen molar-refractivity contribution in [3.63, 3.8) is 0 Å². The fourth-order valence-corrected chi connectivity index (χ4v) is 3.16. The summed E-state index contributed by atoms with van der Waals surface area (Å²) >= 11 is 0. The highest BCUT2D eigenvalue weighted by atomic mass is 16.7. The van der Waals surface area contributed by atoms with Crippen LogP contribution in [0.25, 0.3) is 11.0 Å². The van der Waals surface area contributed by atoms with Crippen LogP contribution < -0.4 is 14.8 Å². The predicted octanol–water partition coefficient (Wildman–Crippen LogP) is 3.06. The second kappa shape index (κ2) is 6.57. The minimum absolute atomic E-state index is 0.0895. The highest BCUT2D eigenvalue weighted by Gasteiger charge is 2.30. The third-order valence-corrected chi connectivity index (χ3v) is 4.54. The van der Waals surface area contributed by atoms with Crippen LogP contribution in [0, 0.1) is 5.41 Å². The van der Waals surface area contributed by atoms with E-state index in [2.05, 4.69) is 36.4 Å². The van der Waals surface area contributed by atoms with E-state index in [0.717, 1.165) is 16.6 Å². The first-order valence-electron chi connectivity index (χ1n) is 8.89. The summed E-state index contributed by atoms with van der Waals surface area (Å²) in [6.45, 7) is 6.41. The molecule has 1 atom stereocenters. The van der Waals surface area contributed by atoms with Crippen molar-refractivity contribution in [1.29, 1.82) is 0 Å². The molecule has 2 aromatic carbocycles. The zero-order valence-corrected chi connectivity index (χ0v) is 15.6. The summed E-state index contributed by atoms with van der Waals surface area (Å²) in [5, 5.41) is 11.6. The largest absolute Gasteiger partial charge is 0.454 e. The lowest BCUT2D eigenvalue weighted by atomic mass is 9.92. The Balaban J connectivity index is 1.56. The van der Waals surface area contributed by atoms with E-state index < -0.39 is 0 Å². The van der Waals surface area contributed by atoms with Crippen molar-refractivity contribution in [2.24, 2.45) is 5.41 Å². The molecule has 0 radical (unpaired) electrons. The summed E-state index contributed by atoms with van der Waals surface area (Å²) in [6, 6.07) is 13.3. The Hall–Kier alpha value is -3.09. The van der Waals surface area contributed by atoms with Gasteiger partial charge in [0.25, 0.3) is 0 Å². The summed E-state index contributed by atoms with van der Waals surface area (Å²) < 4.78 is 12.5. The van der Waals surface area contributed by atoms with E-state index in [4.69, 9.17) is 9.47 Å². The lowest BCUT2D eigenvalue weighted by molar-refractivity contribution is -0.123. The second-order valence-corrected chi connectivity index (χ2v) is 7.72. The Bertz CT molecular complexity index is 990. The number of nitrogens with one attached hydrogen (secondary N) is 1. The van der Waals surface area contributed by atoms with E-state index in [0.29, 0.717) is 11.5 Å². The van der Waals surface area contributed by atoms with Crippen molar-refractivity contribution >= 4 is 16.9 Å². The molecule has 7 nitrogen and oxygen atoms in total. The van der Waals surface area contributed by atoms with Gasteiger partial charge in [-0.1, -0.05) is 44.2 Å². The first kappa shape index (κ1) is 17.3. The van der Waals surface area contributed by atoms with Crippen molar-refractivity contribution in [2.45, 2.75) is 33.4 Å². The molecule has 3 aromatic rings. The van der Waals surface area contributed by atoms with Gasteiger partial charge in [-0.05, 0) is 29.8 Å². The summed E-state index contributed by atoms with van der Waals surface area (Å²) in [4.78, 5) is 12.8. The van der Waals surface area contributed by atoms with Crippen LogP contribution in [-0.2, 0) is 11.2 Å². The van der Waals surface area contributed by atoms with Crippen LogP contribution in [0.2, 0.25) is 0 Å². The molecule has 1 N–H and O–H groups in total. The van der Waals surface area contributed by atoms with Gasteiger partial charge in [0.1, 0.15) is 11.7 Å². The number of aromatic nitrogens is 3. The number of para-hydroxylation sites is 1. The number of ether oxygens (including phenoxy) is 2. The molecule has 1 amide bonds. The van der Waals surface area contributed by atoms with Gasteiger partial charge in [0.15, 0.2) is 11.5 Å². The molecule has 0 bridgehead atoms. The lowest BCUT2D eigenvalue weighted by Gasteiger charge is -2.31. The lowest BCUT2D eigenvalue weighted by Crippen LogP contribution is -2.41. The summed E-state index contributed by atoms with van der Waals surface area (Å²) in [5.74, 6) is 1.30. The first-order chi connectivity index (χ1) is 12.9. The minimum Gasteiger partial charge on any atom is -0.454 e. The van der Waals surface area contributed by atoms with Crippen LogP contribution in [0.1, 0.15) is 32.5 Å². The van der Waals surface area contributed by atoms with Crippen molar-refractivity contribution in [1.82, 2.24) is 20.3 Å². The van der Waals surface area contributed by atoms with Gasteiger partial charge in [0.05, 0.1) is 11.9 Å². The second-order valence-electron chi connectivity index (χ2n) is 7.72. The zero-order chi connectivity index (χ0) is 19.0. The maximum Gasteiger partial charge on any atom is 0.231 e. The van der Waals surface area contributed by atoms with Crippen molar-refractivity contribution in [3.8, 4) is 11.5 Å². The number of nitrogens with zero attached hydrogens (tertiary/aromatic N) is 3. The van der Waals surface area contributed by atoms with Crippen LogP contribution in [0.3, 0.4) is 0 Å². The maximum absolute atomic E-state index is 12.8. The molecule has 0 saturated heterocycles. The standard InChI is InChI=1S/C20H22N4O3/c1-20(2,3)19(24-15-7-5-4-6-14(15)22-23-24)21-18(25)11-13-8-9-16-17(10-13)27-12-26-16/h4-10,19H,11-12H2,1-3H3,(H,21,25). The van der Waals surface area contributed by atoms with Gasteiger partial charge in [0.2, 0.25) is 12.7 Å². The highest BCUT2D eigenvalue weighted by Crippen LogP contribution is 2.33. The molecule has 1 aliphatic heterocycles. The smallest absolute Gasteiger partial charge is 0.231 e. The molecule has 1 aromatic heterocycles. The number of rotatable bonds is 4. The Morgan fingerprint density at radius 3 is 2.78 bits per heavy atom. The number of hydrogen-bond donors (Lipinski definition) is 1. The number of carbonyl (C=O) groups is 1. The van der Waals surface area contributed by atoms with Crippen LogP contribution in [-0.4, -0.2) is 27.7 Å². The molecular weight excluding hydrogens is 344 g/mol. The SMILES string of the molecule is CC(C)(C)C(NC(=O)Cc1ccc2c(c1)OCO2)n1nnc2ccccc21. The average Bonchev–Trinajstić information content (AvgIpc) is 3.25. The number of fused-ring (bicyclic) bond motifs is 2. The molecule has 0 saturated carbocycles. The summed E-state index contributed by atoms with van der Waals surface area (Å²) in [7, 11) is 0. The van der Waals surface area contributed by atoms with E-state index in [9.17, 15) is 4.79 Å². The zero-order valence-electron chi connectivity index (χ0n) is 15.6. The molecule has 0 aliphatic carbocycles. The first-order valence-corrected chi connectivity index (χ1v) is 8.89. The van der Waals surface area contributed by atoms with Crippen LogP contribution >= 0.6 is 0 Å². The van der Waals surface area contributed by atoms with E-state index in [-0.39, 0.29) is 30.7 Å². The van der Waals surface area contributed by atoms with Gasteiger partial charge >= 0.3 is 0 Å². The normalized spacial score (nSPS) is 14.3. The van der Waals surface area contributed by atoms with Gasteiger partial charge in [-0.2, -0.15) is 0 Å². The third-order valence-electron chi connectivity index (χ3n) is 4.54. The summed E-state index contributed by atoms with van der Waals surface area (Å²) in [5.41, 5.74) is 2.31. The van der Waals surface area contributed by atoms with Gasteiger partial charge in [0, 0.05) is 5.41 Å². The van der Waals surface area contributed by atoms with Crippen molar-refractivity contribution < 1.29 is 14.3 Å². The monoisotopic (exact) mass is 366 g/mol. The molecular formula is C20H22N4O3. The summed E-state index contributed by atoms with van der Waals surface area (Å²) in [6.07, 6.45) is -0.0815. The van der Waals surface area contributed by atoms with Gasteiger partial charge in [-0.25, -0.2) is 4.68 Å². The van der Waals surface area contributed by atoms with Crippen LogP contribution in [0.5, 0.6) is 11.5 Å². The fourth-order valence-electron chi connectivity index (χ4n) is 3.16. The predicted molar refractivity (Wildman–Crippen MR) is 100 cm³/mol. The molecule has 1 unspecified atom stereocenters.